The quantitative estimate of drug-likeness (QED) is 0.196. The van der Waals surface area contributed by atoms with E-state index in [0.29, 0.717) is 6.42 Å². The molecule has 0 saturated heterocycles. The molecule has 12 heteroatoms. The summed E-state index contributed by atoms with van der Waals surface area (Å²) in [6.45, 7) is 0. The third-order valence-electron chi connectivity index (χ3n) is 5.64. The van der Waals surface area contributed by atoms with Crippen LogP contribution in [0, 0.1) is 0 Å². The maximum absolute atomic E-state index is 12.7. The molecular formula is C26H29N3O9. The van der Waals surface area contributed by atoms with Gasteiger partial charge < -0.3 is 31.7 Å². The Bertz CT molecular complexity index is 1190. The minimum Gasteiger partial charge on any atom is -0.481 e. The largest absolute Gasteiger partial charge is 0.481 e. The minimum absolute atomic E-state index is 0.0248. The molecule has 2 aromatic rings. The summed E-state index contributed by atoms with van der Waals surface area (Å²) in [6, 6.07) is 11.1. The first-order chi connectivity index (χ1) is 18.0. The van der Waals surface area contributed by atoms with Crippen LogP contribution in [0.2, 0.25) is 0 Å². The molecule has 2 aromatic carbocycles. The standard InChI is InChI=1S/C26H29N3O9/c27-24(35)19(9-12-22(31)32)29-25(36)20(10-13-23(33)34)28-21(30)11-6-15-4-7-16(8-5-15)17-2-1-3-18(14-17)26(37)38/h1-5,7-8,14,19-20H,6,9-13H2,(H2,27,35)(H,28,30)(H,29,36)(H,31,32)(H,33,34)(H,37,38)/t19?,20-/m0/s1. The number of nitrogens with one attached hydrogen (secondary N) is 2. The predicted molar refractivity (Wildman–Crippen MR) is 134 cm³/mol. The number of rotatable bonds is 15. The maximum Gasteiger partial charge on any atom is 0.335 e. The van der Waals surface area contributed by atoms with Crippen LogP contribution in [0.4, 0.5) is 0 Å². The first kappa shape index (κ1) is 29.5. The van der Waals surface area contributed by atoms with Gasteiger partial charge in [-0.15, -0.1) is 0 Å². The van der Waals surface area contributed by atoms with Gasteiger partial charge in [0.15, 0.2) is 0 Å². The number of carboxylic acids is 3. The summed E-state index contributed by atoms with van der Waals surface area (Å²) < 4.78 is 0. The van der Waals surface area contributed by atoms with Gasteiger partial charge >= 0.3 is 17.9 Å². The lowest BCUT2D eigenvalue weighted by atomic mass is 10.0. The van der Waals surface area contributed by atoms with Gasteiger partial charge in [0.1, 0.15) is 12.1 Å². The van der Waals surface area contributed by atoms with E-state index < -0.39 is 60.6 Å². The van der Waals surface area contributed by atoms with E-state index in [4.69, 9.17) is 21.1 Å². The first-order valence-corrected chi connectivity index (χ1v) is 11.7. The predicted octanol–water partition coefficient (Wildman–Crippen LogP) is 1.17. The lowest BCUT2D eigenvalue weighted by molar-refractivity contribution is -0.139. The zero-order valence-electron chi connectivity index (χ0n) is 20.4. The van der Waals surface area contributed by atoms with Crippen molar-refractivity contribution < 1.29 is 44.1 Å². The van der Waals surface area contributed by atoms with E-state index in [-0.39, 0.29) is 24.8 Å². The van der Waals surface area contributed by atoms with Crippen molar-refractivity contribution in [2.45, 2.75) is 50.6 Å². The van der Waals surface area contributed by atoms with Crippen LogP contribution in [0.1, 0.15) is 48.0 Å². The highest BCUT2D eigenvalue weighted by molar-refractivity contribution is 5.92. The number of aryl methyl sites for hydroxylation is 1. The Hall–Kier alpha value is -4.74. The van der Waals surface area contributed by atoms with Gasteiger partial charge in [-0.05, 0) is 48.1 Å². The zero-order valence-corrected chi connectivity index (χ0v) is 20.4. The van der Waals surface area contributed by atoms with Crippen LogP contribution in [0.15, 0.2) is 48.5 Å². The van der Waals surface area contributed by atoms with E-state index in [0.717, 1.165) is 16.7 Å². The number of carbonyl (C=O) groups is 6. The SMILES string of the molecule is NC(=O)C(CCC(=O)O)NC(=O)[C@H](CCC(=O)O)NC(=O)CCc1ccc(-c2cccc(C(=O)O)c2)cc1. The monoisotopic (exact) mass is 527 g/mol. The third kappa shape index (κ3) is 9.72. The van der Waals surface area contributed by atoms with Crippen molar-refractivity contribution in [3.05, 3.63) is 59.7 Å². The van der Waals surface area contributed by atoms with Crippen molar-refractivity contribution in [1.82, 2.24) is 10.6 Å². The third-order valence-corrected chi connectivity index (χ3v) is 5.64. The van der Waals surface area contributed by atoms with E-state index in [9.17, 15) is 28.8 Å². The van der Waals surface area contributed by atoms with Gasteiger partial charge in [-0.25, -0.2) is 4.79 Å². The average molecular weight is 528 g/mol. The topological polar surface area (TPSA) is 213 Å². The number of primary amides is 1. The first-order valence-electron chi connectivity index (χ1n) is 11.7. The molecule has 0 aliphatic heterocycles. The Balaban J connectivity index is 2.00. The molecule has 0 bridgehead atoms. The van der Waals surface area contributed by atoms with Gasteiger partial charge in [-0.1, -0.05) is 36.4 Å². The number of hydrogen-bond acceptors (Lipinski definition) is 6. The molecule has 0 saturated carbocycles. The number of benzene rings is 2. The molecule has 38 heavy (non-hydrogen) atoms. The number of carbonyl (C=O) groups excluding carboxylic acids is 3. The van der Waals surface area contributed by atoms with Gasteiger partial charge in [-0.2, -0.15) is 0 Å². The molecule has 0 fully saturated rings. The van der Waals surface area contributed by atoms with Crippen LogP contribution in [-0.2, 0) is 30.4 Å². The smallest absolute Gasteiger partial charge is 0.335 e. The molecule has 0 radical (unpaired) electrons. The van der Waals surface area contributed by atoms with Crippen molar-refractivity contribution in [2.24, 2.45) is 5.73 Å². The molecule has 7 N–H and O–H groups in total. The van der Waals surface area contributed by atoms with Crippen LogP contribution < -0.4 is 16.4 Å². The number of hydrogen-bond donors (Lipinski definition) is 6. The molecule has 0 aromatic heterocycles. The van der Waals surface area contributed by atoms with Crippen molar-refractivity contribution in [3.8, 4) is 11.1 Å². The highest BCUT2D eigenvalue weighted by Crippen LogP contribution is 2.21. The Morgan fingerprint density at radius 1 is 0.737 bits per heavy atom. The van der Waals surface area contributed by atoms with E-state index >= 15 is 0 Å². The maximum atomic E-state index is 12.7. The number of aliphatic carboxylic acids is 2. The highest BCUT2D eigenvalue weighted by atomic mass is 16.4. The summed E-state index contributed by atoms with van der Waals surface area (Å²) in [5.41, 5.74) is 7.69. The molecule has 0 spiro atoms. The summed E-state index contributed by atoms with van der Waals surface area (Å²) in [6.07, 6.45) is -1.09. The number of amides is 3. The Morgan fingerprint density at radius 2 is 1.34 bits per heavy atom. The molecule has 202 valence electrons. The van der Waals surface area contributed by atoms with Crippen LogP contribution in [0.3, 0.4) is 0 Å². The van der Waals surface area contributed by atoms with Crippen LogP contribution in [-0.4, -0.2) is 63.0 Å². The molecular weight excluding hydrogens is 498 g/mol. The number of aromatic carboxylic acids is 1. The molecule has 3 amide bonds. The summed E-state index contributed by atoms with van der Waals surface area (Å²) in [7, 11) is 0. The molecule has 12 nitrogen and oxygen atoms in total. The second-order valence-corrected chi connectivity index (χ2v) is 8.53. The molecule has 2 rings (SSSR count). The zero-order chi connectivity index (χ0) is 28.2. The van der Waals surface area contributed by atoms with Crippen molar-refractivity contribution in [2.75, 3.05) is 0 Å². The second-order valence-electron chi connectivity index (χ2n) is 8.53. The van der Waals surface area contributed by atoms with E-state index in [1.165, 1.54) is 6.07 Å². The molecule has 0 aliphatic rings. The fraction of sp³-hybridized carbons (Fsp3) is 0.308. The van der Waals surface area contributed by atoms with E-state index in [1.54, 1.807) is 42.5 Å². The number of carboxylic acid groups (broad SMARTS) is 3. The van der Waals surface area contributed by atoms with Crippen LogP contribution in [0.5, 0.6) is 0 Å². The van der Waals surface area contributed by atoms with Crippen molar-refractivity contribution in [3.63, 3.8) is 0 Å². The second kappa shape index (κ2) is 14.1. The normalized spacial score (nSPS) is 12.1. The fourth-order valence-electron chi connectivity index (χ4n) is 3.58. The fourth-order valence-corrected chi connectivity index (χ4v) is 3.58. The van der Waals surface area contributed by atoms with Gasteiger partial charge in [0.2, 0.25) is 17.7 Å². The summed E-state index contributed by atoms with van der Waals surface area (Å²) in [5, 5.41) is 31.7. The van der Waals surface area contributed by atoms with E-state index in [1.807, 2.05) is 0 Å². The minimum atomic E-state index is -1.29. The lowest BCUT2D eigenvalue weighted by Gasteiger charge is -2.21. The summed E-state index contributed by atoms with van der Waals surface area (Å²) >= 11 is 0. The molecule has 2 atom stereocenters. The Morgan fingerprint density at radius 3 is 1.89 bits per heavy atom. The van der Waals surface area contributed by atoms with Gasteiger partial charge in [-0.3, -0.25) is 24.0 Å². The van der Waals surface area contributed by atoms with E-state index in [2.05, 4.69) is 10.6 Å². The molecule has 0 heterocycles. The summed E-state index contributed by atoms with van der Waals surface area (Å²) in [4.78, 5) is 69.7. The Labute approximate surface area is 217 Å². The average Bonchev–Trinajstić information content (AvgIpc) is 2.87. The van der Waals surface area contributed by atoms with Gasteiger partial charge in [0.05, 0.1) is 5.56 Å². The van der Waals surface area contributed by atoms with Crippen LogP contribution in [0.25, 0.3) is 11.1 Å². The number of nitrogens with two attached hydrogens (primary N) is 1. The van der Waals surface area contributed by atoms with Gasteiger partial charge in [0.25, 0.3) is 0 Å². The summed E-state index contributed by atoms with van der Waals surface area (Å²) in [5.74, 6) is -5.75. The van der Waals surface area contributed by atoms with Gasteiger partial charge in [0, 0.05) is 19.3 Å². The van der Waals surface area contributed by atoms with Crippen molar-refractivity contribution in [1.29, 1.82) is 0 Å². The Kier molecular flexibility index (Phi) is 11.0. The lowest BCUT2D eigenvalue weighted by Crippen LogP contribution is -2.53. The van der Waals surface area contributed by atoms with Crippen LogP contribution >= 0.6 is 0 Å². The van der Waals surface area contributed by atoms with Crippen molar-refractivity contribution >= 4 is 35.6 Å². The highest BCUT2D eigenvalue weighted by Gasteiger charge is 2.26. The molecule has 0 aliphatic carbocycles. The molecule has 1 unspecified atom stereocenters.